The minimum Gasteiger partial charge on any atom is -0.493 e. The van der Waals surface area contributed by atoms with Crippen molar-refractivity contribution < 1.29 is 14.3 Å². The summed E-state index contributed by atoms with van der Waals surface area (Å²) in [6.07, 6.45) is 4.77. The molecule has 0 aliphatic carbocycles. The SMILES string of the molecule is COc1cc2ncnc(Nc3ccc(NC(=O)/C=C/c4ccccc4)cc3)c2cc1OC. The van der Waals surface area contributed by atoms with Gasteiger partial charge in [0.1, 0.15) is 12.1 Å². The first-order valence-corrected chi connectivity index (χ1v) is 9.94. The quantitative estimate of drug-likeness (QED) is 0.403. The number of methoxy groups -OCH3 is 2. The molecule has 160 valence electrons. The van der Waals surface area contributed by atoms with Gasteiger partial charge in [0, 0.05) is 28.9 Å². The molecular weight excluding hydrogens is 404 g/mol. The lowest BCUT2D eigenvalue weighted by Crippen LogP contribution is -2.07. The molecule has 1 aromatic heterocycles. The Morgan fingerprint density at radius 3 is 2.28 bits per heavy atom. The number of nitrogens with zero attached hydrogens (tertiary/aromatic N) is 2. The molecule has 0 unspecified atom stereocenters. The van der Waals surface area contributed by atoms with E-state index >= 15 is 0 Å². The third-order valence-electron chi connectivity index (χ3n) is 4.78. The predicted molar refractivity (Wildman–Crippen MR) is 126 cm³/mol. The summed E-state index contributed by atoms with van der Waals surface area (Å²) in [6, 6.07) is 20.7. The van der Waals surface area contributed by atoms with Crippen LogP contribution in [-0.2, 0) is 4.79 Å². The molecule has 0 bridgehead atoms. The van der Waals surface area contributed by atoms with E-state index in [0.29, 0.717) is 23.0 Å². The first-order valence-electron chi connectivity index (χ1n) is 9.94. The summed E-state index contributed by atoms with van der Waals surface area (Å²) in [5, 5.41) is 6.94. The summed E-state index contributed by atoms with van der Waals surface area (Å²) in [4.78, 5) is 20.8. The van der Waals surface area contributed by atoms with Crippen LogP contribution in [0.25, 0.3) is 17.0 Å². The third kappa shape index (κ3) is 4.84. The molecule has 2 N–H and O–H groups in total. The third-order valence-corrected chi connectivity index (χ3v) is 4.78. The van der Waals surface area contributed by atoms with Gasteiger partial charge in [-0.1, -0.05) is 30.3 Å². The molecule has 0 aliphatic rings. The van der Waals surface area contributed by atoms with E-state index in [9.17, 15) is 4.79 Å². The average Bonchev–Trinajstić information content (AvgIpc) is 2.84. The van der Waals surface area contributed by atoms with Crippen LogP contribution in [0.5, 0.6) is 11.5 Å². The highest BCUT2D eigenvalue weighted by molar-refractivity contribution is 6.02. The minimum absolute atomic E-state index is 0.197. The van der Waals surface area contributed by atoms with Crippen LogP contribution >= 0.6 is 0 Å². The van der Waals surface area contributed by atoms with Gasteiger partial charge in [-0.2, -0.15) is 0 Å². The average molecular weight is 426 g/mol. The van der Waals surface area contributed by atoms with Crippen molar-refractivity contribution in [3.63, 3.8) is 0 Å². The predicted octanol–water partition coefficient (Wildman–Crippen LogP) is 5.04. The molecule has 1 heterocycles. The summed E-state index contributed by atoms with van der Waals surface area (Å²) >= 11 is 0. The minimum atomic E-state index is -0.197. The molecule has 7 nitrogen and oxygen atoms in total. The Morgan fingerprint density at radius 1 is 0.875 bits per heavy atom. The molecule has 4 aromatic rings. The van der Waals surface area contributed by atoms with E-state index in [2.05, 4.69) is 20.6 Å². The summed E-state index contributed by atoms with van der Waals surface area (Å²) in [5.41, 5.74) is 3.21. The van der Waals surface area contributed by atoms with E-state index in [1.807, 2.05) is 66.7 Å². The number of nitrogens with one attached hydrogen (secondary N) is 2. The number of aromatic nitrogens is 2. The maximum Gasteiger partial charge on any atom is 0.248 e. The van der Waals surface area contributed by atoms with Crippen molar-refractivity contribution in [3.8, 4) is 11.5 Å². The highest BCUT2D eigenvalue weighted by atomic mass is 16.5. The van der Waals surface area contributed by atoms with Crippen LogP contribution < -0.4 is 20.1 Å². The van der Waals surface area contributed by atoms with Gasteiger partial charge in [-0.05, 0) is 42.0 Å². The van der Waals surface area contributed by atoms with Crippen LogP contribution in [0.2, 0.25) is 0 Å². The van der Waals surface area contributed by atoms with Crippen LogP contribution in [0.15, 0.2) is 79.1 Å². The lowest BCUT2D eigenvalue weighted by Gasteiger charge is -2.12. The Labute approximate surface area is 185 Å². The Bertz CT molecular complexity index is 1260. The van der Waals surface area contributed by atoms with E-state index in [1.165, 1.54) is 12.4 Å². The molecule has 4 rings (SSSR count). The number of rotatable bonds is 7. The van der Waals surface area contributed by atoms with Gasteiger partial charge in [0.2, 0.25) is 5.91 Å². The van der Waals surface area contributed by atoms with Gasteiger partial charge in [-0.3, -0.25) is 4.79 Å². The summed E-state index contributed by atoms with van der Waals surface area (Å²) in [5.74, 6) is 1.64. The molecule has 0 atom stereocenters. The smallest absolute Gasteiger partial charge is 0.248 e. The van der Waals surface area contributed by atoms with Gasteiger partial charge in [0.25, 0.3) is 0 Å². The molecule has 0 saturated heterocycles. The number of anilines is 3. The zero-order valence-corrected chi connectivity index (χ0v) is 17.7. The van der Waals surface area contributed by atoms with E-state index in [4.69, 9.17) is 9.47 Å². The Kier molecular flexibility index (Phi) is 6.27. The fourth-order valence-electron chi connectivity index (χ4n) is 3.18. The maximum atomic E-state index is 12.2. The first kappa shape index (κ1) is 20.9. The van der Waals surface area contributed by atoms with Crippen LogP contribution in [-0.4, -0.2) is 30.1 Å². The zero-order chi connectivity index (χ0) is 22.3. The number of fused-ring (bicyclic) bond motifs is 1. The topological polar surface area (TPSA) is 85.4 Å². The number of hydrogen-bond donors (Lipinski definition) is 2. The fourth-order valence-corrected chi connectivity index (χ4v) is 3.18. The number of hydrogen-bond acceptors (Lipinski definition) is 6. The lowest BCUT2D eigenvalue weighted by molar-refractivity contribution is -0.111. The molecule has 0 radical (unpaired) electrons. The maximum absolute atomic E-state index is 12.2. The van der Waals surface area contributed by atoms with Crippen molar-refractivity contribution in [1.29, 1.82) is 0 Å². The molecule has 0 fully saturated rings. The van der Waals surface area contributed by atoms with Gasteiger partial charge in [-0.25, -0.2) is 9.97 Å². The van der Waals surface area contributed by atoms with Crippen LogP contribution in [0.3, 0.4) is 0 Å². The number of ether oxygens (including phenoxy) is 2. The molecular formula is C25H22N4O3. The van der Waals surface area contributed by atoms with Crippen LogP contribution in [0.4, 0.5) is 17.2 Å². The van der Waals surface area contributed by atoms with Crippen LogP contribution in [0, 0.1) is 0 Å². The van der Waals surface area contributed by atoms with E-state index < -0.39 is 0 Å². The van der Waals surface area contributed by atoms with E-state index in [0.717, 1.165) is 22.2 Å². The number of carbonyl (C=O) groups excluding carboxylic acids is 1. The number of carbonyl (C=O) groups is 1. The van der Waals surface area contributed by atoms with Gasteiger partial charge < -0.3 is 20.1 Å². The van der Waals surface area contributed by atoms with Crippen molar-refractivity contribution in [1.82, 2.24) is 9.97 Å². The second-order valence-corrected chi connectivity index (χ2v) is 6.88. The lowest BCUT2D eigenvalue weighted by atomic mass is 10.2. The number of amides is 1. The second-order valence-electron chi connectivity index (χ2n) is 6.88. The molecule has 7 heteroatoms. The second kappa shape index (κ2) is 9.61. The fraction of sp³-hybridized carbons (Fsp3) is 0.0800. The van der Waals surface area contributed by atoms with Crippen molar-refractivity contribution in [2.45, 2.75) is 0 Å². The Balaban J connectivity index is 1.47. The standard InChI is InChI=1S/C25H22N4O3/c1-31-22-14-20-21(15-23(22)32-2)26-16-27-25(20)29-19-11-9-18(10-12-19)28-24(30)13-8-17-6-4-3-5-7-17/h3-16H,1-2H3,(H,28,30)(H,26,27,29)/b13-8+. The normalized spacial score (nSPS) is 10.8. The first-order chi connectivity index (χ1) is 15.7. The zero-order valence-electron chi connectivity index (χ0n) is 17.7. The Morgan fingerprint density at radius 2 is 1.56 bits per heavy atom. The summed E-state index contributed by atoms with van der Waals surface area (Å²) in [7, 11) is 3.17. The summed E-state index contributed by atoms with van der Waals surface area (Å²) < 4.78 is 10.7. The molecule has 0 aliphatic heterocycles. The monoisotopic (exact) mass is 426 g/mol. The highest BCUT2D eigenvalue weighted by Crippen LogP contribution is 2.34. The Hall–Kier alpha value is -4.39. The van der Waals surface area contributed by atoms with Gasteiger partial charge >= 0.3 is 0 Å². The summed E-state index contributed by atoms with van der Waals surface area (Å²) in [6.45, 7) is 0. The highest BCUT2D eigenvalue weighted by Gasteiger charge is 2.11. The van der Waals surface area contributed by atoms with Gasteiger partial charge in [0.05, 0.1) is 19.7 Å². The van der Waals surface area contributed by atoms with Crippen LogP contribution in [0.1, 0.15) is 5.56 Å². The van der Waals surface area contributed by atoms with Gasteiger partial charge in [0.15, 0.2) is 11.5 Å². The molecule has 1 amide bonds. The van der Waals surface area contributed by atoms with Crippen molar-refractivity contribution >= 4 is 40.1 Å². The molecule has 3 aromatic carbocycles. The van der Waals surface area contributed by atoms with E-state index in [1.54, 1.807) is 20.3 Å². The van der Waals surface area contributed by atoms with Crippen molar-refractivity contribution in [2.75, 3.05) is 24.9 Å². The largest absolute Gasteiger partial charge is 0.493 e. The van der Waals surface area contributed by atoms with Crippen molar-refractivity contribution in [2.24, 2.45) is 0 Å². The van der Waals surface area contributed by atoms with E-state index in [-0.39, 0.29) is 5.91 Å². The molecule has 0 spiro atoms. The van der Waals surface area contributed by atoms with Crippen molar-refractivity contribution in [3.05, 3.63) is 84.7 Å². The molecule has 0 saturated carbocycles. The van der Waals surface area contributed by atoms with Gasteiger partial charge in [-0.15, -0.1) is 0 Å². The number of benzene rings is 3. The molecule has 32 heavy (non-hydrogen) atoms.